The van der Waals surface area contributed by atoms with E-state index in [2.05, 4.69) is 19.8 Å². The number of hydrogen-bond acceptors (Lipinski definition) is 2. The van der Waals surface area contributed by atoms with Crippen molar-refractivity contribution in [2.45, 2.75) is 46.1 Å². The van der Waals surface area contributed by atoms with Gasteiger partial charge in [-0.3, -0.25) is 0 Å². The van der Waals surface area contributed by atoms with Crippen LogP contribution in [-0.2, 0) is 9.53 Å². The molecule has 0 aliphatic carbocycles. The van der Waals surface area contributed by atoms with Gasteiger partial charge in [-0.05, 0) is 18.3 Å². The molecule has 86 valence electrons. The molecule has 0 fully saturated rings. The standard InChI is InChI=1S/C13H22O2/c1-5-9-15-13(10-14)12(4)8-6-7-11(2)3/h1,10-13H,6-9H2,2-4H3. The quantitative estimate of drug-likeness (QED) is 0.455. The topological polar surface area (TPSA) is 26.3 Å². The van der Waals surface area contributed by atoms with Crippen LogP contribution in [0, 0.1) is 24.2 Å². The van der Waals surface area contributed by atoms with Crippen LogP contribution in [0.3, 0.4) is 0 Å². The van der Waals surface area contributed by atoms with Crippen LogP contribution in [0.15, 0.2) is 0 Å². The molecule has 0 spiro atoms. The van der Waals surface area contributed by atoms with Crippen molar-refractivity contribution in [3.05, 3.63) is 0 Å². The summed E-state index contributed by atoms with van der Waals surface area (Å²) >= 11 is 0. The first-order valence-electron chi connectivity index (χ1n) is 5.62. The highest BCUT2D eigenvalue weighted by molar-refractivity contribution is 5.56. The van der Waals surface area contributed by atoms with E-state index in [4.69, 9.17) is 11.2 Å². The second-order valence-corrected chi connectivity index (χ2v) is 4.42. The lowest BCUT2D eigenvalue weighted by Gasteiger charge is -2.18. The highest BCUT2D eigenvalue weighted by atomic mass is 16.5. The van der Waals surface area contributed by atoms with E-state index in [1.54, 1.807) is 0 Å². The molecule has 0 aliphatic heterocycles. The Bertz CT molecular complexity index is 203. The Morgan fingerprint density at radius 1 is 1.33 bits per heavy atom. The van der Waals surface area contributed by atoms with Crippen molar-refractivity contribution in [2.24, 2.45) is 11.8 Å². The molecule has 2 atom stereocenters. The van der Waals surface area contributed by atoms with Gasteiger partial charge in [0.2, 0.25) is 0 Å². The van der Waals surface area contributed by atoms with Gasteiger partial charge in [-0.1, -0.05) is 39.5 Å². The first kappa shape index (κ1) is 14.2. The van der Waals surface area contributed by atoms with Gasteiger partial charge in [0.1, 0.15) is 19.0 Å². The van der Waals surface area contributed by atoms with Crippen molar-refractivity contribution >= 4 is 6.29 Å². The zero-order valence-electron chi connectivity index (χ0n) is 10.0. The van der Waals surface area contributed by atoms with Crippen molar-refractivity contribution in [3.63, 3.8) is 0 Å². The average Bonchev–Trinajstić information content (AvgIpc) is 2.18. The fourth-order valence-electron chi connectivity index (χ4n) is 1.49. The van der Waals surface area contributed by atoms with Crippen LogP contribution in [0.5, 0.6) is 0 Å². The van der Waals surface area contributed by atoms with E-state index < -0.39 is 0 Å². The summed E-state index contributed by atoms with van der Waals surface area (Å²) in [7, 11) is 0. The Hall–Kier alpha value is -0.810. The third-order valence-corrected chi connectivity index (χ3v) is 2.50. The minimum atomic E-state index is -0.340. The molecule has 0 saturated carbocycles. The summed E-state index contributed by atoms with van der Waals surface area (Å²) in [4.78, 5) is 10.8. The predicted octanol–water partition coefficient (Wildman–Crippen LogP) is 2.67. The maximum Gasteiger partial charge on any atom is 0.149 e. The zero-order valence-corrected chi connectivity index (χ0v) is 10.0. The number of ether oxygens (including phenoxy) is 1. The normalized spacial score (nSPS) is 14.6. The highest BCUT2D eigenvalue weighted by Gasteiger charge is 2.16. The SMILES string of the molecule is C#CCOC(C=O)C(C)CCCC(C)C. The van der Waals surface area contributed by atoms with Gasteiger partial charge in [0, 0.05) is 0 Å². The molecule has 0 saturated heterocycles. The Morgan fingerprint density at radius 3 is 2.47 bits per heavy atom. The molecule has 0 amide bonds. The molecule has 0 aromatic rings. The number of carbonyl (C=O) groups is 1. The molecule has 0 rings (SSSR count). The highest BCUT2D eigenvalue weighted by Crippen LogP contribution is 2.16. The number of rotatable bonds is 8. The Labute approximate surface area is 93.4 Å². The number of hydrogen-bond donors (Lipinski definition) is 0. The fraction of sp³-hybridized carbons (Fsp3) is 0.769. The summed E-state index contributed by atoms with van der Waals surface area (Å²) in [6, 6.07) is 0. The molecular weight excluding hydrogens is 188 g/mol. The summed E-state index contributed by atoms with van der Waals surface area (Å²) < 4.78 is 5.26. The lowest BCUT2D eigenvalue weighted by Crippen LogP contribution is -2.23. The zero-order chi connectivity index (χ0) is 11.7. The molecule has 0 bridgehead atoms. The van der Waals surface area contributed by atoms with Gasteiger partial charge in [-0.2, -0.15) is 0 Å². The fourth-order valence-corrected chi connectivity index (χ4v) is 1.49. The number of terminal acetylenes is 1. The maximum atomic E-state index is 10.8. The van der Waals surface area contributed by atoms with Crippen LogP contribution in [0.1, 0.15) is 40.0 Å². The molecular formula is C13H22O2. The van der Waals surface area contributed by atoms with Crippen LogP contribution in [0.4, 0.5) is 0 Å². The van der Waals surface area contributed by atoms with Crippen LogP contribution >= 0.6 is 0 Å². The molecule has 0 heterocycles. The van der Waals surface area contributed by atoms with Crippen LogP contribution in [0.2, 0.25) is 0 Å². The Balaban J connectivity index is 3.78. The van der Waals surface area contributed by atoms with E-state index in [0.29, 0.717) is 0 Å². The molecule has 2 heteroatoms. The third-order valence-electron chi connectivity index (χ3n) is 2.50. The Kier molecular flexibility index (Phi) is 8.04. The molecule has 0 aromatic carbocycles. The van der Waals surface area contributed by atoms with Crippen molar-refractivity contribution in [3.8, 4) is 12.3 Å². The molecule has 0 aliphatic rings. The third kappa shape index (κ3) is 7.16. The second kappa shape index (κ2) is 8.49. The first-order chi connectivity index (χ1) is 7.11. The molecule has 0 radical (unpaired) electrons. The largest absolute Gasteiger partial charge is 0.358 e. The van der Waals surface area contributed by atoms with E-state index in [1.807, 2.05) is 6.92 Å². The number of carbonyl (C=O) groups excluding carboxylic acids is 1. The minimum absolute atomic E-state index is 0.220. The molecule has 2 nitrogen and oxygen atoms in total. The maximum absolute atomic E-state index is 10.8. The summed E-state index contributed by atoms with van der Waals surface area (Å²) in [5.74, 6) is 3.36. The average molecular weight is 210 g/mol. The molecule has 0 N–H and O–H groups in total. The van der Waals surface area contributed by atoms with Gasteiger partial charge in [-0.15, -0.1) is 6.42 Å². The molecule has 15 heavy (non-hydrogen) atoms. The number of aldehydes is 1. The van der Waals surface area contributed by atoms with Crippen LogP contribution in [0.25, 0.3) is 0 Å². The minimum Gasteiger partial charge on any atom is -0.358 e. The predicted molar refractivity (Wildman–Crippen MR) is 62.5 cm³/mol. The van der Waals surface area contributed by atoms with Crippen molar-refractivity contribution in [1.29, 1.82) is 0 Å². The van der Waals surface area contributed by atoms with Crippen molar-refractivity contribution in [2.75, 3.05) is 6.61 Å². The van der Waals surface area contributed by atoms with Crippen LogP contribution < -0.4 is 0 Å². The van der Waals surface area contributed by atoms with E-state index in [0.717, 1.165) is 25.0 Å². The van der Waals surface area contributed by atoms with E-state index >= 15 is 0 Å². The molecule has 0 aromatic heterocycles. The summed E-state index contributed by atoms with van der Waals surface area (Å²) in [6.07, 6.45) is 8.96. The summed E-state index contributed by atoms with van der Waals surface area (Å²) in [5, 5.41) is 0. The van der Waals surface area contributed by atoms with Gasteiger partial charge in [0.15, 0.2) is 0 Å². The van der Waals surface area contributed by atoms with E-state index in [9.17, 15) is 4.79 Å². The lowest BCUT2D eigenvalue weighted by molar-refractivity contribution is -0.120. The van der Waals surface area contributed by atoms with Crippen molar-refractivity contribution < 1.29 is 9.53 Å². The second-order valence-electron chi connectivity index (χ2n) is 4.42. The van der Waals surface area contributed by atoms with Gasteiger partial charge < -0.3 is 9.53 Å². The van der Waals surface area contributed by atoms with Gasteiger partial charge in [-0.25, -0.2) is 0 Å². The monoisotopic (exact) mass is 210 g/mol. The summed E-state index contributed by atoms with van der Waals surface area (Å²) in [5.41, 5.74) is 0. The first-order valence-corrected chi connectivity index (χ1v) is 5.62. The molecule has 2 unspecified atom stereocenters. The van der Waals surface area contributed by atoms with Gasteiger partial charge in [0.25, 0.3) is 0 Å². The van der Waals surface area contributed by atoms with E-state index in [-0.39, 0.29) is 18.6 Å². The van der Waals surface area contributed by atoms with Crippen molar-refractivity contribution in [1.82, 2.24) is 0 Å². The van der Waals surface area contributed by atoms with Gasteiger partial charge in [0.05, 0.1) is 0 Å². The Morgan fingerprint density at radius 2 is 2.00 bits per heavy atom. The summed E-state index contributed by atoms with van der Waals surface area (Å²) in [6.45, 7) is 6.67. The smallest absolute Gasteiger partial charge is 0.149 e. The van der Waals surface area contributed by atoms with E-state index in [1.165, 1.54) is 6.42 Å². The van der Waals surface area contributed by atoms with Crippen LogP contribution in [-0.4, -0.2) is 19.0 Å². The van der Waals surface area contributed by atoms with Gasteiger partial charge >= 0.3 is 0 Å². The lowest BCUT2D eigenvalue weighted by atomic mass is 9.96.